The maximum atomic E-state index is 12.1. The quantitative estimate of drug-likeness (QED) is 0.407. The number of pyridine rings is 1. The summed E-state index contributed by atoms with van der Waals surface area (Å²) < 4.78 is 5.93. The summed E-state index contributed by atoms with van der Waals surface area (Å²) in [5.41, 5.74) is 5.51. The fourth-order valence-electron chi connectivity index (χ4n) is 2.80. The van der Waals surface area contributed by atoms with Gasteiger partial charge in [0.05, 0.1) is 6.21 Å². The molecule has 0 aliphatic heterocycles. The van der Waals surface area contributed by atoms with Crippen LogP contribution in [0.15, 0.2) is 82.6 Å². The molecule has 6 heteroatoms. The Kier molecular flexibility index (Phi) is 4.68. The number of hydrazone groups is 1. The Labute approximate surface area is 160 Å². The second kappa shape index (κ2) is 7.43. The molecule has 0 radical (unpaired) electrons. The van der Waals surface area contributed by atoms with Crippen LogP contribution < -0.4 is 5.43 Å². The van der Waals surface area contributed by atoms with Crippen molar-refractivity contribution in [2.45, 2.75) is 0 Å². The largest absolute Gasteiger partial charge is 0.454 e. The molecule has 0 spiro atoms. The molecule has 0 atom stereocenters. The van der Waals surface area contributed by atoms with Gasteiger partial charge in [-0.15, -0.1) is 0 Å². The van der Waals surface area contributed by atoms with Crippen molar-refractivity contribution in [1.29, 1.82) is 0 Å². The molecule has 2 aromatic carbocycles. The van der Waals surface area contributed by atoms with E-state index in [1.54, 1.807) is 30.6 Å². The Balaban J connectivity index is 1.70. The molecule has 5 nitrogen and oxygen atoms in total. The van der Waals surface area contributed by atoms with Gasteiger partial charge >= 0.3 is 0 Å². The Morgan fingerprint density at radius 1 is 1.07 bits per heavy atom. The van der Waals surface area contributed by atoms with Gasteiger partial charge < -0.3 is 4.42 Å². The lowest BCUT2D eigenvalue weighted by Gasteiger charge is -2.01. The first-order valence-corrected chi connectivity index (χ1v) is 8.61. The highest BCUT2D eigenvalue weighted by Crippen LogP contribution is 2.35. The van der Waals surface area contributed by atoms with E-state index in [2.05, 4.69) is 15.5 Å². The van der Waals surface area contributed by atoms with Crippen LogP contribution in [0.3, 0.4) is 0 Å². The van der Waals surface area contributed by atoms with E-state index in [0.29, 0.717) is 21.9 Å². The van der Waals surface area contributed by atoms with Crippen molar-refractivity contribution < 1.29 is 9.21 Å². The predicted molar refractivity (Wildman–Crippen MR) is 106 cm³/mol. The lowest BCUT2D eigenvalue weighted by Crippen LogP contribution is -2.17. The number of hydrogen-bond acceptors (Lipinski definition) is 4. The topological polar surface area (TPSA) is 67.5 Å². The summed E-state index contributed by atoms with van der Waals surface area (Å²) in [6.07, 6.45) is 4.60. The molecule has 0 fully saturated rings. The molecule has 1 N–H and O–H groups in total. The molecule has 4 aromatic rings. The number of amides is 1. The molecule has 0 bridgehead atoms. The van der Waals surface area contributed by atoms with Gasteiger partial charge in [0.2, 0.25) is 0 Å². The Morgan fingerprint density at radius 2 is 1.85 bits per heavy atom. The SMILES string of the molecule is O=C(N/N=C/c1oc2ccc(Cl)cc2c1-c1ccccc1)c1ccncc1. The van der Waals surface area contributed by atoms with Gasteiger partial charge in [-0.25, -0.2) is 5.43 Å². The van der Waals surface area contributed by atoms with Crippen molar-refractivity contribution >= 4 is 34.7 Å². The molecular formula is C21H14ClN3O2. The fraction of sp³-hybridized carbons (Fsp3) is 0. The van der Waals surface area contributed by atoms with E-state index in [-0.39, 0.29) is 5.91 Å². The van der Waals surface area contributed by atoms with Gasteiger partial charge in [0.15, 0.2) is 5.76 Å². The number of hydrogen-bond donors (Lipinski definition) is 1. The molecule has 0 saturated carbocycles. The number of fused-ring (bicyclic) bond motifs is 1. The van der Waals surface area contributed by atoms with Gasteiger partial charge in [0.25, 0.3) is 5.91 Å². The minimum atomic E-state index is -0.325. The Bertz CT molecular complexity index is 1120. The summed E-state index contributed by atoms with van der Waals surface area (Å²) in [6, 6.07) is 18.5. The van der Waals surface area contributed by atoms with Crippen molar-refractivity contribution in [3.05, 3.63) is 89.4 Å². The smallest absolute Gasteiger partial charge is 0.271 e. The summed E-state index contributed by atoms with van der Waals surface area (Å²) >= 11 is 6.16. The molecular weight excluding hydrogens is 362 g/mol. The van der Waals surface area contributed by atoms with Crippen LogP contribution >= 0.6 is 11.6 Å². The van der Waals surface area contributed by atoms with Crippen molar-refractivity contribution in [2.24, 2.45) is 5.10 Å². The Morgan fingerprint density at radius 3 is 2.63 bits per heavy atom. The monoisotopic (exact) mass is 375 g/mol. The lowest BCUT2D eigenvalue weighted by molar-refractivity contribution is 0.0955. The standard InChI is InChI=1S/C21H14ClN3O2/c22-16-6-7-18-17(12-16)20(14-4-2-1-3-5-14)19(27-18)13-24-25-21(26)15-8-10-23-11-9-15/h1-13H,(H,25,26)/b24-13+. The molecule has 0 saturated heterocycles. The molecule has 0 unspecified atom stereocenters. The van der Waals surface area contributed by atoms with Crippen LogP contribution in [0, 0.1) is 0 Å². The zero-order chi connectivity index (χ0) is 18.6. The Hall–Kier alpha value is -3.44. The van der Waals surface area contributed by atoms with Gasteiger partial charge in [-0.05, 0) is 35.9 Å². The average Bonchev–Trinajstić information content (AvgIpc) is 3.06. The van der Waals surface area contributed by atoms with E-state index in [4.69, 9.17) is 16.0 Å². The van der Waals surface area contributed by atoms with Crippen molar-refractivity contribution in [3.63, 3.8) is 0 Å². The molecule has 0 aliphatic carbocycles. The normalized spacial score (nSPS) is 11.1. The highest BCUT2D eigenvalue weighted by atomic mass is 35.5. The van der Waals surface area contributed by atoms with Crippen molar-refractivity contribution in [3.8, 4) is 11.1 Å². The molecule has 1 amide bonds. The van der Waals surface area contributed by atoms with Crippen LogP contribution in [0.1, 0.15) is 16.1 Å². The summed E-state index contributed by atoms with van der Waals surface area (Å²) in [5, 5.41) is 5.56. The lowest BCUT2D eigenvalue weighted by atomic mass is 10.0. The highest BCUT2D eigenvalue weighted by Gasteiger charge is 2.15. The summed E-state index contributed by atoms with van der Waals surface area (Å²) in [5.74, 6) is 0.211. The van der Waals surface area contributed by atoms with Crippen LogP contribution in [0.25, 0.3) is 22.1 Å². The van der Waals surface area contributed by atoms with Gasteiger partial charge in [0.1, 0.15) is 5.58 Å². The molecule has 4 rings (SSSR count). The highest BCUT2D eigenvalue weighted by molar-refractivity contribution is 6.31. The van der Waals surface area contributed by atoms with E-state index in [0.717, 1.165) is 16.5 Å². The molecule has 2 aromatic heterocycles. The minimum absolute atomic E-state index is 0.325. The maximum absolute atomic E-state index is 12.1. The molecule has 0 aliphatic rings. The summed E-state index contributed by atoms with van der Waals surface area (Å²) in [6.45, 7) is 0. The number of aromatic nitrogens is 1. The second-order valence-corrected chi connectivity index (χ2v) is 6.22. The van der Waals surface area contributed by atoms with Crippen LogP contribution in [0.5, 0.6) is 0 Å². The fourth-order valence-corrected chi connectivity index (χ4v) is 2.97. The summed E-state index contributed by atoms with van der Waals surface area (Å²) in [4.78, 5) is 16.0. The van der Waals surface area contributed by atoms with Crippen LogP contribution in [-0.2, 0) is 0 Å². The molecule has 2 heterocycles. The summed E-state index contributed by atoms with van der Waals surface area (Å²) in [7, 11) is 0. The average molecular weight is 376 g/mol. The van der Waals surface area contributed by atoms with Crippen molar-refractivity contribution in [1.82, 2.24) is 10.4 Å². The van der Waals surface area contributed by atoms with Gasteiger partial charge in [-0.2, -0.15) is 5.10 Å². The second-order valence-electron chi connectivity index (χ2n) is 5.78. The number of nitrogens with one attached hydrogen (secondary N) is 1. The maximum Gasteiger partial charge on any atom is 0.271 e. The van der Waals surface area contributed by atoms with Crippen LogP contribution in [-0.4, -0.2) is 17.1 Å². The molecule has 132 valence electrons. The minimum Gasteiger partial charge on any atom is -0.454 e. The van der Waals surface area contributed by atoms with Crippen LogP contribution in [0.4, 0.5) is 0 Å². The number of halogens is 1. The first-order valence-electron chi connectivity index (χ1n) is 8.23. The number of furan rings is 1. The number of rotatable bonds is 4. The van der Waals surface area contributed by atoms with E-state index < -0.39 is 0 Å². The zero-order valence-electron chi connectivity index (χ0n) is 14.1. The number of benzene rings is 2. The van der Waals surface area contributed by atoms with Gasteiger partial charge in [-0.1, -0.05) is 41.9 Å². The third-order valence-electron chi connectivity index (χ3n) is 4.03. The molecule has 27 heavy (non-hydrogen) atoms. The number of carbonyl (C=O) groups is 1. The predicted octanol–water partition coefficient (Wildman–Crippen LogP) is 4.91. The first-order chi connectivity index (χ1) is 13.2. The third-order valence-corrected chi connectivity index (χ3v) is 4.27. The van der Waals surface area contributed by atoms with Crippen LogP contribution in [0.2, 0.25) is 5.02 Å². The van der Waals surface area contributed by atoms with E-state index >= 15 is 0 Å². The zero-order valence-corrected chi connectivity index (χ0v) is 14.9. The van der Waals surface area contributed by atoms with E-state index in [1.807, 2.05) is 42.5 Å². The number of nitrogens with zero attached hydrogens (tertiary/aromatic N) is 2. The third kappa shape index (κ3) is 3.59. The van der Waals surface area contributed by atoms with Gasteiger partial charge in [-0.3, -0.25) is 9.78 Å². The van der Waals surface area contributed by atoms with E-state index in [1.165, 1.54) is 6.21 Å². The number of carbonyl (C=O) groups excluding carboxylic acids is 1. The van der Waals surface area contributed by atoms with Gasteiger partial charge in [0, 0.05) is 33.9 Å². The van der Waals surface area contributed by atoms with Crippen molar-refractivity contribution in [2.75, 3.05) is 0 Å². The van der Waals surface area contributed by atoms with E-state index in [9.17, 15) is 4.79 Å². The first kappa shape index (κ1) is 17.0.